The fourth-order valence-corrected chi connectivity index (χ4v) is 1.67. The fourth-order valence-electron chi connectivity index (χ4n) is 1.41. The van der Waals surface area contributed by atoms with Crippen LogP contribution in [0.3, 0.4) is 0 Å². The lowest BCUT2D eigenvalue weighted by Gasteiger charge is -2.08. The average Bonchev–Trinajstić information content (AvgIpc) is 2.34. The minimum absolute atomic E-state index is 0.0148. The second-order valence-corrected chi connectivity index (χ2v) is 4.03. The quantitative estimate of drug-likeness (QED) is 0.675. The van der Waals surface area contributed by atoms with Crippen LogP contribution < -0.4 is 16.6 Å². The van der Waals surface area contributed by atoms with E-state index >= 15 is 0 Å². The van der Waals surface area contributed by atoms with Crippen LogP contribution in [0.25, 0.3) is 0 Å². The highest BCUT2D eigenvalue weighted by molar-refractivity contribution is 6.33. The van der Waals surface area contributed by atoms with Gasteiger partial charge < -0.3 is 21.1 Å². The zero-order valence-electron chi connectivity index (χ0n) is 9.48. The molecule has 1 heterocycles. The van der Waals surface area contributed by atoms with Crippen molar-refractivity contribution in [3.05, 3.63) is 45.5 Å². The topological polar surface area (TPSA) is 121 Å². The number of carboxylic acids is 1. The Balaban J connectivity index is 2.34. The first-order valence-corrected chi connectivity index (χ1v) is 5.50. The number of nitrogens with one attached hydrogen (secondary N) is 2. The number of benzene rings is 1. The van der Waals surface area contributed by atoms with E-state index in [0.29, 0.717) is 5.69 Å². The third-order valence-corrected chi connectivity index (χ3v) is 2.66. The van der Waals surface area contributed by atoms with Crippen molar-refractivity contribution in [1.29, 1.82) is 0 Å². The van der Waals surface area contributed by atoms with E-state index in [1.807, 2.05) is 0 Å². The van der Waals surface area contributed by atoms with Crippen LogP contribution in [0.2, 0.25) is 5.02 Å². The molecule has 1 aromatic carbocycles. The Kier molecular flexibility index (Phi) is 3.39. The molecule has 0 radical (unpaired) electrons. The number of anilines is 3. The van der Waals surface area contributed by atoms with Crippen molar-refractivity contribution in [2.24, 2.45) is 0 Å². The van der Waals surface area contributed by atoms with Crippen molar-refractivity contribution in [2.45, 2.75) is 0 Å². The van der Waals surface area contributed by atoms with Gasteiger partial charge in [-0.05, 0) is 18.2 Å². The number of aromatic nitrogens is 2. The van der Waals surface area contributed by atoms with Gasteiger partial charge >= 0.3 is 5.97 Å². The molecular formula is C11H9ClN4O3. The first-order valence-electron chi connectivity index (χ1n) is 5.12. The predicted octanol–water partition coefficient (Wildman–Crippen LogP) is 1.45. The van der Waals surface area contributed by atoms with Crippen LogP contribution in [-0.2, 0) is 0 Å². The van der Waals surface area contributed by atoms with E-state index in [0.717, 1.165) is 0 Å². The number of H-pyrrole nitrogens is 1. The Hall–Kier alpha value is -2.54. The molecule has 0 atom stereocenters. The molecule has 0 aliphatic carbocycles. The van der Waals surface area contributed by atoms with Crippen LogP contribution in [0.1, 0.15) is 10.4 Å². The molecule has 5 N–H and O–H groups in total. The van der Waals surface area contributed by atoms with Gasteiger partial charge in [0.05, 0.1) is 16.9 Å². The molecule has 0 aliphatic heterocycles. The summed E-state index contributed by atoms with van der Waals surface area (Å²) in [4.78, 5) is 28.3. The number of hydrogen-bond acceptors (Lipinski definition) is 5. The monoisotopic (exact) mass is 280 g/mol. The van der Waals surface area contributed by atoms with Crippen molar-refractivity contribution in [3.8, 4) is 0 Å². The highest BCUT2D eigenvalue weighted by Gasteiger charge is 2.10. The molecule has 19 heavy (non-hydrogen) atoms. The number of carboxylic acid groups (broad SMARTS) is 1. The molecule has 0 saturated carbocycles. The van der Waals surface area contributed by atoms with Crippen molar-refractivity contribution >= 4 is 34.8 Å². The highest BCUT2D eigenvalue weighted by atomic mass is 35.5. The number of carbonyl (C=O) groups is 1. The first kappa shape index (κ1) is 12.9. The van der Waals surface area contributed by atoms with Crippen molar-refractivity contribution < 1.29 is 9.90 Å². The van der Waals surface area contributed by atoms with Crippen LogP contribution in [0.4, 0.5) is 17.2 Å². The maximum atomic E-state index is 11.3. The van der Waals surface area contributed by atoms with Crippen LogP contribution in [-0.4, -0.2) is 21.0 Å². The minimum atomic E-state index is -1.12. The number of rotatable bonds is 3. The van der Waals surface area contributed by atoms with Gasteiger partial charge in [-0.25, -0.2) is 9.78 Å². The van der Waals surface area contributed by atoms with Gasteiger partial charge in [-0.1, -0.05) is 11.6 Å². The number of hydrogen-bond donors (Lipinski definition) is 4. The van der Waals surface area contributed by atoms with Gasteiger partial charge in [0.15, 0.2) is 5.82 Å². The molecule has 8 heteroatoms. The second kappa shape index (κ2) is 4.99. The van der Waals surface area contributed by atoms with Gasteiger partial charge in [0, 0.05) is 5.69 Å². The average molecular weight is 281 g/mol. The third-order valence-electron chi connectivity index (χ3n) is 2.35. The number of aromatic amines is 1. The Morgan fingerprint density at radius 2 is 2.21 bits per heavy atom. The molecule has 2 aromatic rings. The number of nitrogens with two attached hydrogens (primary N) is 1. The van der Waals surface area contributed by atoms with E-state index in [2.05, 4.69) is 15.3 Å². The number of halogens is 1. The molecule has 0 spiro atoms. The molecule has 0 bridgehead atoms. The van der Waals surface area contributed by atoms with Gasteiger partial charge in [-0.15, -0.1) is 0 Å². The van der Waals surface area contributed by atoms with Crippen LogP contribution in [0, 0.1) is 0 Å². The Morgan fingerprint density at radius 1 is 1.47 bits per heavy atom. The van der Waals surface area contributed by atoms with Gasteiger partial charge in [-0.3, -0.25) is 4.79 Å². The summed E-state index contributed by atoms with van der Waals surface area (Å²) >= 11 is 5.82. The third kappa shape index (κ3) is 2.66. The highest BCUT2D eigenvalue weighted by Crippen LogP contribution is 2.24. The zero-order chi connectivity index (χ0) is 14.0. The maximum absolute atomic E-state index is 11.3. The summed E-state index contributed by atoms with van der Waals surface area (Å²) < 4.78 is 0. The van der Waals surface area contributed by atoms with Crippen LogP contribution in [0.15, 0.2) is 29.3 Å². The predicted molar refractivity (Wildman–Crippen MR) is 71.0 cm³/mol. The normalized spacial score (nSPS) is 10.2. The molecule has 0 saturated heterocycles. The minimum Gasteiger partial charge on any atom is -0.478 e. The maximum Gasteiger partial charge on any atom is 0.337 e. The van der Waals surface area contributed by atoms with E-state index in [9.17, 15) is 9.59 Å². The molecule has 0 unspecified atom stereocenters. The molecule has 2 rings (SSSR count). The number of nitrogens with zero attached hydrogens (tertiary/aromatic N) is 1. The molecule has 0 amide bonds. The number of nitrogen functional groups attached to an aromatic ring is 1. The smallest absolute Gasteiger partial charge is 0.337 e. The van der Waals surface area contributed by atoms with E-state index < -0.39 is 11.5 Å². The number of aromatic carboxylic acids is 1. The Labute approximate surface area is 112 Å². The summed E-state index contributed by atoms with van der Waals surface area (Å²) in [6.07, 6.45) is 1.20. The summed E-state index contributed by atoms with van der Waals surface area (Å²) in [6.45, 7) is 0. The SMILES string of the molecule is Nc1c(Nc2ccc(C(=O)O)c(Cl)c2)nc[nH]c1=O. The largest absolute Gasteiger partial charge is 0.478 e. The Morgan fingerprint density at radius 3 is 2.84 bits per heavy atom. The standard InChI is InChI=1S/C11H9ClN4O3/c12-7-3-5(1-2-6(7)11(18)19)16-9-8(13)10(17)15-4-14-9/h1-4H,13H2,(H,18,19)(H2,14,15,16,17). The summed E-state index contributed by atoms with van der Waals surface area (Å²) in [6, 6.07) is 4.25. The molecule has 98 valence electrons. The second-order valence-electron chi connectivity index (χ2n) is 3.62. The summed E-state index contributed by atoms with van der Waals surface area (Å²) in [5.74, 6) is -0.951. The van der Waals surface area contributed by atoms with Crippen LogP contribution in [0.5, 0.6) is 0 Å². The molecule has 0 aliphatic rings. The molecule has 0 fully saturated rings. The molecular weight excluding hydrogens is 272 g/mol. The van der Waals surface area contributed by atoms with E-state index in [1.165, 1.54) is 24.5 Å². The van der Waals surface area contributed by atoms with E-state index in [4.69, 9.17) is 22.4 Å². The molecule has 7 nitrogen and oxygen atoms in total. The van der Waals surface area contributed by atoms with Gasteiger partial charge in [-0.2, -0.15) is 0 Å². The van der Waals surface area contributed by atoms with E-state index in [1.54, 1.807) is 0 Å². The lowest BCUT2D eigenvalue weighted by atomic mass is 10.2. The summed E-state index contributed by atoms with van der Waals surface area (Å²) in [5, 5.41) is 11.7. The van der Waals surface area contributed by atoms with Gasteiger partial charge in [0.1, 0.15) is 5.69 Å². The summed E-state index contributed by atoms with van der Waals surface area (Å²) in [5.41, 5.74) is 5.47. The van der Waals surface area contributed by atoms with Crippen molar-refractivity contribution in [1.82, 2.24) is 9.97 Å². The summed E-state index contributed by atoms with van der Waals surface area (Å²) in [7, 11) is 0. The fraction of sp³-hybridized carbons (Fsp3) is 0. The van der Waals surface area contributed by atoms with Crippen molar-refractivity contribution in [2.75, 3.05) is 11.1 Å². The van der Waals surface area contributed by atoms with E-state index in [-0.39, 0.29) is 22.1 Å². The van der Waals surface area contributed by atoms with Gasteiger partial charge in [0.25, 0.3) is 5.56 Å². The van der Waals surface area contributed by atoms with Crippen LogP contribution >= 0.6 is 11.6 Å². The van der Waals surface area contributed by atoms with Crippen molar-refractivity contribution in [3.63, 3.8) is 0 Å². The zero-order valence-corrected chi connectivity index (χ0v) is 10.2. The first-order chi connectivity index (χ1) is 8.99. The lowest BCUT2D eigenvalue weighted by Crippen LogP contribution is -2.14. The van der Waals surface area contributed by atoms with Gasteiger partial charge in [0.2, 0.25) is 0 Å². The Bertz CT molecular complexity index is 699. The lowest BCUT2D eigenvalue weighted by molar-refractivity contribution is 0.0697. The molecule has 1 aromatic heterocycles.